The van der Waals surface area contributed by atoms with Crippen LogP contribution < -0.4 is 0 Å². The Balaban J connectivity index is 0.000000303. The molecule has 2 heterocycles. The van der Waals surface area contributed by atoms with E-state index in [-0.39, 0.29) is 11.7 Å². The summed E-state index contributed by atoms with van der Waals surface area (Å²) in [7, 11) is 0. The number of ether oxygens (including phenoxy) is 1. The van der Waals surface area contributed by atoms with Crippen molar-refractivity contribution >= 4 is 23.0 Å². The molecule has 0 aliphatic carbocycles. The molecule has 1 aromatic rings. The van der Waals surface area contributed by atoms with Gasteiger partial charge in [-0.25, -0.2) is 0 Å². The lowest BCUT2D eigenvalue weighted by Crippen LogP contribution is -2.39. The normalized spacial score (nSPS) is 13.6. The lowest BCUT2D eigenvalue weighted by atomic mass is 10.4. The molecule has 0 aromatic carbocycles. The van der Waals surface area contributed by atoms with Gasteiger partial charge in [0.15, 0.2) is 5.78 Å². The SMILES string of the molecule is CC.CC(=O)N1CCOCC1.CC(=O)c1cccs1. The first-order valence-corrected chi connectivity index (χ1v) is 7.37. The van der Waals surface area contributed by atoms with Crippen LogP contribution in [-0.4, -0.2) is 42.9 Å². The first-order valence-electron chi connectivity index (χ1n) is 6.49. The van der Waals surface area contributed by atoms with Crippen LogP contribution in [0, 0.1) is 0 Å². The molecule has 0 saturated carbocycles. The lowest BCUT2D eigenvalue weighted by molar-refractivity contribution is -0.132. The van der Waals surface area contributed by atoms with Crippen molar-refractivity contribution in [1.82, 2.24) is 4.90 Å². The third kappa shape index (κ3) is 7.74. The second-order valence-corrected chi connectivity index (χ2v) is 4.60. The van der Waals surface area contributed by atoms with E-state index in [1.807, 2.05) is 31.4 Å². The number of carbonyl (C=O) groups excluding carboxylic acids is 2. The van der Waals surface area contributed by atoms with Crippen molar-refractivity contribution < 1.29 is 14.3 Å². The summed E-state index contributed by atoms with van der Waals surface area (Å²) in [4.78, 5) is 23.8. The summed E-state index contributed by atoms with van der Waals surface area (Å²) in [6, 6.07) is 3.70. The number of nitrogens with zero attached hydrogens (tertiary/aromatic N) is 1. The van der Waals surface area contributed by atoms with E-state index in [0.29, 0.717) is 13.2 Å². The molecule has 1 aliphatic heterocycles. The van der Waals surface area contributed by atoms with Crippen LogP contribution in [0.4, 0.5) is 0 Å². The highest BCUT2D eigenvalue weighted by Gasteiger charge is 2.11. The Kier molecular flexibility index (Phi) is 10.0. The van der Waals surface area contributed by atoms with Gasteiger partial charge in [0.1, 0.15) is 0 Å². The fraction of sp³-hybridized carbons (Fsp3) is 0.571. The molecule has 0 bridgehead atoms. The van der Waals surface area contributed by atoms with Gasteiger partial charge in [-0.15, -0.1) is 11.3 Å². The lowest BCUT2D eigenvalue weighted by Gasteiger charge is -2.25. The standard InChI is InChI=1S/C6H11NO2.C6H6OS.C2H6/c1-6(8)7-2-4-9-5-3-7;1-5(7)6-3-2-4-8-6;1-2/h2-5H2,1H3;2-4H,1H3;1-2H3. The van der Waals surface area contributed by atoms with Crippen LogP contribution in [0.15, 0.2) is 17.5 Å². The summed E-state index contributed by atoms with van der Waals surface area (Å²) in [6.45, 7) is 10.1. The first kappa shape index (κ1) is 17.8. The zero-order valence-electron chi connectivity index (χ0n) is 12.1. The third-order valence-electron chi connectivity index (χ3n) is 2.32. The average Bonchev–Trinajstić information content (AvgIpc) is 2.97. The minimum absolute atomic E-state index is 0.151. The first-order chi connectivity index (χ1) is 9.11. The molecule has 1 aromatic heterocycles. The van der Waals surface area contributed by atoms with Gasteiger partial charge in [-0.1, -0.05) is 19.9 Å². The molecule has 1 saturated heterocycles. The predicted octanol–water partition coefficient (Wildman–Crippen LogP) is 2.84. The summed E-state index contributed by atoms with van der Waals surface area (Å²) in [5.74, 6) is 0.304. The molecule has 1 aliphatic rings. The molecule has 2 rings (SSSR count). The van der Waals surface area contributed by atoms with Crippen molar-refractivity contribution in [3.63, 3.8) is 0 Å². The highest BCUT2D eigenvalue weighted by molar-refractivity contribution is 7.12. The minimum Gasteiger partial charge on any atom is -0.378 e. The molecule has 4 nitrogen and oxygen atoms in total. The predicted molar refractivity (Wildman–Crippen MR) is 78.7 cm³/mol. The van der Waals surface area contributed by atoms with Crippen LogP contribution in [0.25, 0.3) is 0 Å². The number of hydrogen-bond donors (Lipinski definition) is 0. The summed E-state index contributed by atoms with van der Waals surface area (Å²) < 4.78 is 5.06. The zero-order chi connectivity index (χ0) is 14.7. The Morgan fingerprint density at radius 3 is 2.05 bits per heavy atom. The zero-order valence-corrected chi connectivity index (χ0v) is 13.0. The molecule has 0 atom stereocenters. The molecule has 0 spiro atoms. The molecule has 108 valence electrons. The number of rotatable bonds is 1. The maximum Gasteiger partial charge on any atom is 0.219 e. The Morgan fingerprint density at radius 1 is 1.21 bits per heavy atom. The van der Waals surface area contributed by atoms with E-state index in [1.54, 1.807) is 18.7 Å². The van der Waals surface area contributed by atoms with Gasteiger partial charge in [-0.3, -0.25) is 9.59 Å². The summed E-state index contributed by atoms with van der Waals surface area (Å²) >= 11 is 1.48. The molecular formula is C14H23NO3S. The summed E-state index contributed by atoms with van der Waals surface area (Å²) in [6.07, 6.45) is 0. The number of amides is 1. The molecule has 5 heteroatoms. The van der Waals surface area contributed by atoms with Crippen LogP contribution in [0.5, 0.6) is 0 Å². The second-order valence-electron chi connectivity index (χ2n) is 3.65. The van der Waals surface area contributed by atoms with Gasteiger partial charge in [0.05, 0.1) is 18.1 Å². The van der Waals surface area contributed by atoms with Gasteiger partial charge in [0.25, 0.3) is 0 Å². The van der Waals surface area contributed by atoms with Crippen molar-refractivity contribution in [3.05, 3.63) is 22.4 Å². The monoisotopic (exact) mass is 285 g/mol. The van der Waals surface area contributed by atoms with E-state index in [0.717, 1.165) is 18.0 Å². The van der Waals surface area contributed by atoms with Crippen molar-refractivity contribution in [3.8, 4) is 0 Å². The Morgan fingerprint density at radius 2 is 1.79 bits per heavy atom. The maximum atomic E-state index is 10.7. The molecule has 1 amide bonds. The maximum absolute atomic E-state index is 10.7. The van der Waals surface area contributed by atoms with Crippen LogP contribution in [0.3, 0.4) is 0 Å². The van der Waals surface area contributed by atoms with E-state index in [1.165, 1.54) is 11.3 Å². The number of hydrogen-bond acceptors (Lipinski definition) is 4. The number of ketones is 1. The number of Topliss-reactive ketones (excluding diaryl/α,β-unsaturated/α-hetero) is 1. The topological polar surface area (TPSA) is 46.6 Å². The fourth-order valence-corrected chi connectivity index (χ4v) is 1.98. The van der Waals surface area contributed by atoms with Crippen molar-refractivity contribution in [2.45, 2.75) is 27.7 Å². The van der Waals surface area contributed by atoms with Gasteiger partial charge in [-0.2, -0.15) is 0 Å². The molecular weight excluding hydrogens is 262 g/mol. The van der Waals surface area contributed by atoms with E-state index >= 15 is 0 Å². The van der Waals surface area contributed by atoms with Crippen LogP contribution in [0.1, 0.15) is 37.4 Å². The minimum atomic E-state index is 0.151. The van der Waals surface area contributed by atoms with Crippen LogP contribution in [0.2, 0.25) is 0 Å². The Bertz CT molecular complexity index is 357. The van der Waals surface area contributed by atoms with Gasteiger partial charge >= 0.3 is 0 Å². The third-order valence-corrected chi connectivity index (χ3v) is 3.30. The number of carbonyl (C=O) groups is 2. The van der Waals surface area contributed by atoms with Crippen LogP contribution >= 0.6 is 11.3 Å². The quantitative estimate of drug-likeness (QED) is 0.745. The highest BCUT2D eigenvalue weighted by Crippen LogP contribution is 2.07. The van der Waals surface area contributed by atoms with E-state index in [2.05, 4.69) is 0 Å². The largest absolute Gasteiger partial charge is 0.378 e. The summed E-state index contributed by atoms with van der Waals surface area (Å²) in [5, 5.41) is 1.90. The van der Waals surface area contributed by atoms with E-state index in [4.69, 9.17) is 4.74 Å². The second kappa shape index (κ2) is 10.7. The molecule has 19 heavy (non-hydrogen) atoms. The summed E-state index contributed by atoms with van der Waals surface area (Å²) in [5.41, 5.74) is 0. The fourth-order valence-electron chi connectivity index (χ4n) is 1.36. The van der Waals surface area contributed by atoms with Gasteiger partial charge in [-0.05, 0) is 18.4 Å². The smallest absolute Gasteiger partial charge is 0.219 e. The molecule has 1 fully saturated rings. The Hall–Kier alpha value is -1.20. The van der Waals surface area contributed by atoms with Crippen LogP contribution in [-0.2, 0) is 9.53 Å². The Labute approximate surface area is 119 Å². The van der Waals surface area contributed by atoms with Gasteiger partial charge in [0, 0.05) is 20.0 Å². The van der Waals surface area contributed by atoms with Crippen molar-refractivity contribution in [2.24, 2.45) is 0 Å². The van der Waals surface area contributed by atoms with Crippen molar-refractivity contribution in [2.75, 3.05) is 26.3 Å². The average molecular weight is 285 g/mol. The molecule has 0 radical (unpaired) electrons. The van der Waals surface area contributed by atoms with E-state index in [9.17, 15) is 9.59 Å². The van der Waals surface area contributed by atoms with Crippen molar-refractivity contribution in [1.29, 1.82) is 0 Å². The van der Waals surface area contributed by atoms with Gasteiger partial charge < -0.3 is 9.64 Å². The molecule has 0 N–H and O–H groups in total. The number of thiophene rings is 1. The molecule has 0 unspecified atom stereocenters. The highest BCUT2D eigenvalue weighted by atomic mass is 32.1. The number of morpholine rings is 1. The van der Waals surface area contributed by atoms with E-state index < -0.39 is 0 Å². The van der Waals surface area contributed by atoms with Gasteiger partial charge in [0.2, 0.25) is 5.91 Å².